The minimum Gasteiger partial charge on any atom is -0.497 e. The van der Waals surface area contributed by atoms with Crippen molar-refractivity contribution in [1.82, 2.24) is 5.32 Å². The molecular formula is C16H19N3O2. The van der Waals surface area contributed by atoms with Gasteiger partial charge in [0, 0.05) is 17.9 Å². The van der Waals surface area contributed by atoms with E-state index in [-0.39, 0.29) is 6.03 Å². The van der Waals surface area contributed by atoms with Gasteiger partial charge in [-0.25, -0.2) is 4.79 Å². The fourth-order valence-corrected chi connectivity index (χ4v) is 1.85. The van der Waals surface area contributed by atoms with Gasteiger partial charge < -0.3 is 21.1 Å². The molecule has 0 aliphatic heterocycles. The molecule has 0 saturated heterocycles. The number of hydrogen-bond donors (Lipinski definition) is 3. The Kier molecular flexibility index (Phi) is 5.04. The molecule has 5 nitrogen and oxygen atoms in total. The molecular weight excluding hydrogens is 266 g/mol. The molecule has 4 N–H and O–H groups in total. The maximum absolute atomic E-state index is 11.7. The summed E-state index contributed by atoms with van der Waals surface area (Å²) < 4.78 is 5.06. The van der Waals surface area contributed by atoms with Gasteiger partial charge in [0.1, 0.15) is 5.75 Å². The number of ether oxygens (including phenoxy) is 1. The molecule has 2 aromatic rings. The van der Waals surface area contributed by atoms with Crippen LogP contribution in [0.25, 0.3) is 0 Å². The van der Waals surface area contributed by atoms with E-state index in [2.05, 4.69) is 10.6 Å². The molecule has 0 unspecified atom stereocenters. The molecule has 0 bridgehead atoms. The van der Waals surface area contributed by atoms with Gasteiger partial charge in [0.2, 0.25) is 0 Å². The second-order valence-corrected chi connectivity index (χ2v) is 4.60. The smallest absolute Gasteiger partial charge is 0.319 e. The summed E-state index contributed by atoms with van der Waals surface area (Å²) in [5, 5.41) is 5.57. The van der Waals surface area contributed by atoms with Gasteiger partial charge >= 0.3 is 6.03 Å². The molecule has 0 atom stereocenters. The average molecular weight is 285 g/mol. The van der Waals surface area contributed by atoms with Gasteiger partial charge in [-0.2, -0.15) is 0 Å². The second kappa shape index (κ2) is 7.19. The number of rotatable bonds is 5. The topological polar surface area (TPSA) is 76.4 Å². The quantitative estimate of drug-likeness (QED) is 0.739. The predicted molar refractivity (Wildman–Crippen MR) is 84.6 cm³/mol. The summed E-state index contributed by atoms with van der Waals surface area (Å²) >= 11 is 0. The number of amides is 2. The van der Waals surface area contributed by atoms with Crippen molar-refractivity contribution in [2.24, 2.45) is 0 Å². The van der Waals surface area contributed by atoms with E-state index in [0.29, 0.717) is 6.54 Å². The molecule has 21 heavy (non-hydrogen) atoms. The Morgan fingerprint density at radius 2 is 1.76 bits per heavy atom. The van der Waals surface area contributed by atoms with Gasteiger partial charge in [0.25, 0.3) is 0 Å². The predicted octanol–water partition coefficient (Wildman–Crippen LogP) is 2.64. The SMILES string of the molecule is COc1ccc(NC(=O)NCCc2ccc(N)cc2)cc1. The number of nitrogens with two attached hydrogens (primary N) is 1. The maximum Gasteiger partial charge on any atom is 0.319 e. The minimum absolute atomic E-state index is 0.226. The molecule has 110 valence electrons. The third-order valence-corrected chi connectivity index (χ3v) is 3.03. The Bertz CT molecular complexity index is 579. The Morgan fingerprint density at radius 1 is 1.10 bits per heavy atom. The van der Waals surface area contributed by atoms with Gasteiger partial charge in [0.15, 0.2) is 0 Å². The summed E-state index contributed by atoms with van der Waals surface area (Å²) in [7, 11) is 1.60. The largest absolute Gasteiger partial charge is 0.497 e. The Balaban J connectivity index is 1.75. The van der Waals surface area contributed by atoms with E-state index in [1.165, 1.54) is 0 Å². The van der Waals surface area contributed by atoms with Gasteiger partial charge in [-0.1, -0.05) is 12.1 Å². The molecule has 0 aromatic heterocycles. The van der Waals surface area contributed by atoms with Crippen molar-refractivity contribution in [2.75, 3.05) is 24.7 Å². The molecule has 2 aromatic carbocycles. The number of anilines is 2. The molecule has 0 saturated carbocycles. The summed E-state index contributed by atoms with van der Waals surface area (Å²) in [6, 6.07) is 14.6. The zero-order chi connectivity index (χ0) is 15.1. The van der Waals surface area contributed by atoms with Crippen LogP contribution in [0.2, 0.25) is 0 Å². The zero-order valence-electron chi connectivity index (χ0n) is 11.9. The molecule has 2 rings (SSSR count). The lowest BCUT2D eigenvalue weighted by atomic mass is 10.1. The number of benzene rings is 2. The van der Waals surface area contributed by atoms with Gasteiger partial charge in [-0.05, 0) is 48.4 Å². The summed E-state index contributed by atoms with van der Waals surface area (Å²) in [5.74, 6) is 0.754. The van der Waals surface area contributed by atoms with Crippen LogP contribution < -0.4 is 21.1 Å². The van der Waals surface area contributed by atoms with E-state index >= 15 is 0 Å². The third-order valence-electron chi connectivity index (χ3n) is 3.03. The van der Waals surface area contributed by atoms with Gasteiger partial charge in [-0.3, -0.25) is 0 Å². The Hall–Kier alpha value is -2.69. The van der Waals surface area contributed by atoms with E-state index in [4.69, 9.17) is 10.5 Å². The van der Waals surface area contributed by atoms with Crippen molar-refractivity contribution in [3.8, 4) is 5.75 Å². The van der Waals surface area contributed by atoms with Crippen molar-refractivity contribution in [2.45, 2.75) is 6.42 Å². The van der Waals surface area contributed by atoms with Crippen molar-refractivity contribution >= 4 is 17.4 Å². The van der Waals surface area contributed by atoms with Crippen LogP contribution in [0.1, 0.15) is 5.56 Å². The van der Waals surface area contributed by atoms with Crippen LogP contribution in [0, 0.1) is 0 Å². The van der Waals surface area contributed by atoms with Crippen molar-refractivity contribution in [3.63, 3.8) is 0 Å². The summed E-state index contributed by atoms with van der Waals surface area (Å²) in [5.41, 5.74) is 8.22. The highest BCUT2D eigenvalue weighted by molar-refractivity contribution is 5.89. The van der Waals surface area contributed by atoms with E-state index in [1.807, 2.05) is 24.3 Å². The van der Waals surface area contributed by atoms with Crippen LogP contribution in [-0.2, 0) is 6.42 Å². The van der Waals surface area contributed by atoms with Crippen LogP contribution in [0.4, 0.5) is 16.2 Å². The molecule has 0 heterocycles. The molecule has 0 fully saturated rings. The molecule has 0 aliphatic carbocycles. The third kappa shape index (κ3) is 4.72. The van der Waals surface area contributed by atoms with Crippen molar-refractivity contribution in [1.29, 1.82) is 0 Å². The van der Waals surface area contributed by atoms with Gasteiger partial charge in [-0.15, -0.1) is 0 Å². The van der Waals surface area contributed by atoms with E-state index in [9.17, 15) is 4.79 Å². The van der Waals surface area contributed by atoms with E-state index in [0.717, 1.165) is 29.1 Å². The fourth-order valence-electron chi connectivity index (χ4n) is 1.85. The first-order chi connectivity index (χ1) is 10.2. The Labute approximate surface area is 124 Å². The first-order valence-electron chi connectivity index (χ1n) is 6.71. The number of nitrogen functional groups attached to an aromatic ring is 1. The monoisotopic (exact) mass is 285 g/mol. The summed E-state index contributed by atoms with van der Waals surface area (Å²) in [6.45, 7) is 0.561. The van der Waals surface area contributed by atoms with Crippen LogP contribution >= 0.6 is 0 Å². The molecule has 0 radical (unpaired) electrons. The van der Waals surface area contributed by atoms with Crippen LogP contribution in [0.15, 0.2) is 48.5 Å². The minimum atomic E-state index is -0.226. The van der Waals surface area contributed by atoms with E-state index < -0.39 is 0 Å². The zero-order valence-corrected chi connectivity index (χ0v) is 11.9. The Morgan fingerprint density at radius 3 is 2.38 bits per heavy atom. The number of carbonyl (C=O) groups excluding carboxylic acids is 1. The number of carbonyl (C=O) groups is 1. The van der Waals surface area contributed by atoms with Crippen LogP contribution in [0.3, 0.4) is 0 Å². The highest BCUT2D eigenvalue weighted by atomic mass is 16.5. The highest BCUT2D eigenvalue weighted by Gasteiger charge is 2.01. The average Bonchev–Trinajstić information content (AvgIpc) is 2.50. The number of methoxy groups -OCH3 is 1. The fraction of sp³-hybridized carbons (Fsp3) is 0.188. The highest BCUT2D eigenvalue weighted by Crippen LogP contribution is 2.14. The van der Waals surface area contributed by atoms with Gasteiger partial charge in [0.05, 0.1) is 7.11 Å². The second-order valence-electron chi connectivity index (χ2n) is 4.60. The summed E-state index contributed by atoms with van der Waals surface area (Å²) in [6.07, 6.45) is 0.760. The lowest BCUT2D eigenvalue weighted by Gasteiger charge is -2.08. The molecule has 0 aliphatic rings. The normalized spacial score (nSPS) is 9.95. The lowest BCUT2D eigenvalue weighted by molar-refractivity contribution is 0.252. The van der Waals surface area contributed by atoms with Crippen molar-refractivity contribution < 1.29 is 9.53 Å². The summed E-state index contributed by atoms with van der Waals surface area (Å²) in [4.78, 5) is 11.7. The first kappa shape index (κ1) is 14.7. The first-order valence-corrected chi connectivity index (χ1v) is 6.71. The van der Waals surface area contributed by atoms with E-state index in [1.54, 1.807) is 31.4 Å². The maximum atomic E-state index is 11.7. The van der Waals surface area contributed by atoms with Crippen LogP contribution in [-0.4, -0.2) is 19.7 Å². The molecule has 2 amide bonds. The van der Waals surface area contributed by atoms with Crippen LogP contribution in [0.5, 0.6) is 5.75 Å². The standard InChI is InChI=1S/C16H19N3O2/c1-21-15-8-6-14(7-9-15)19-16(20)18-11-10-12-2-4-13(17)5-3-12/h2-9H,10-11,17H2,1H3,(H2,18,19,20). The molecule has 0 spiro atoms. The number of nitrogens with one attached hydrogen (secondary N) is 2. The molecule has 5 heteroatoms. The number of urea groups is 1. The lowest BCUT2D eigenvalue weighted by Crippen LogP contribution is -2.30. The number of hydrogen-bond acceptors (Lipinski definition) is 3. The van der Waals surface area contributed by atoms with Crippen molar-refractivity contribution in [3.05, 3.63) is 54.1 Å².